The molecule has 5 nitrogen and oxygen atoms in total. The Morgan fingerprint density at radius 3 is 3.35 bits per heavy atom. The van der Waals surface area contributed by atoms with Gasteiger partial charge in [0.1, 0.15) is 0 Å². The lowest BCUT2D eigenvalue weighted by Gasteiger charge is -2.62. The molecular formula is C18H21NO4. The third-order valence-electron chi connectivity index (χ3n) is 6.10. The molecule has 1 aromatic rings. The summed E-state index contributed by atoms with van der Waals surface area (Å²) in [6.45, 7) is 0.485. The van der Waals surface area contributed by atoms with Gasteiger partial charge in [0.05, 0.1) is 23.5 Å². The van der Waals surface area contributed by atoms with E-state index in [1.165, 1.54) is 6.07 Å². The van der Waals surface area contributed by atoms with Crippen LogP contribution in [0.15, 0.2) is 12.1 Å². The Morgan fingerprint density at radius 1 is 1.61 bits per heavy atom. The Hall–Kier alpha value is -1.59. The van der Waals surface area contributed by atoms with E-state index >= 15 is 0 Å². The van der Waals surface area contributed by atoms with E-state index in [1.54, 1.807) is 6.07 Å². The maximum absolute atomic E-state index is 13.3. The van der Waals surface area contributed by atoms with Crippen molar-refractivity contribution in [3.63, 3.8) is 0 Å². The van der Waals surface area contributed by atoms with Crippen LogP contribution < -0.4 is 9.47 Å². The molecule has 23 heavy (non-hydrogen) atoms. The molecule has 1 aromatic carbocycles. The van der Waals surface area contributed by atoms with E-state index < -0.39 is 42.3 Å². The zero-order valence-electron chi connectivity index (χ0n) is 19.6. The summed E-state index contributed by atoms with van der Waals surface area (Å²) in [5.74, 6) is -1.21. The van der Waals surface area contributed by atoms with Crippen molar-refractivity contribution in [2.45, 2.75) is 48.8 Å². The number of likely N-dealkylation sites (tertiary alicyclic amines) is 1. The van der Waals surface area contributed by atoms with Crippen molar-refractivity contribution < 1.29 is 27.6 Å². The zero-order valence-corrected chi connectivity index (χ0v) is 12.6. The average Bonchev–Trinajstić information content (AvgIpc) is 2.91. The fourth-order valence-electron chi connectivity index (χ4n) is 5.05. The number of ketones is 1. The molecule has 4 atom stereocenters. The lowest BCUT2D eigenvalue weighted by atomic mass is 9.49. The smallest absolute Gasteiger partial charge is 0.211 e. The fourth-order valence-corrected chi connectivity index (χ4v) is 5.05. The Balaban J connectivity index is 1.86. The minimum absolute atomic E-state index is 0.0332. The molecule has 0 amide bonds. The Labute approximate surface area is 145 Å². The first-order valence-electron chi connectivity index (χ1n) is 11.2. The summed E-state index contributed by atoms with van der Waals surface area (Å²) in [5, 5.41) is 5.33. The topological polar surface area (TPSA) is 59.0 Å². The van der Waals surface area contributed by atoms with Gasteiger partial charge in [-0.1, -0.05) is 6.07 Å². The predicted octanol–water partition coefficient (Wildman–Crippen LogP) is 1.05. The van der Waals surface area contributed by atoms with Gasteiger partial charge in [-0.3, -0.25) is 4.79 Å². The maximum atomic E-state index is 13.3. The Bertz CT molecular complexity index is 969. The van der Waals surface area contributed by atoms with Gasteiger partial charge in [-0.15, -0.1) is 0 Å². The summed E-state index contributed by atoms with van der Waals surface area (Å²) in [7, 11) is -0.927. The Morgan fingerprint density at radius 2 is 2.52 bits per heavy atom. The van der Waals surface area contributed by atoms with E-state index in [2.05, 4.69) is 0 Å². The van der Waals surface area contributed by atoms with Crippen LogP contribution in [0.1, 0.15) is 38.6 Å². The number of carbonyl (C=O) groups is 1. The van der Waals surface area contributed by atoms with Crippen molar-refractivity contribution in [3.8, 4) is 11.5 Å². The van der Waals surface area contributed by atoms with E-state index in [4.69, 9.17) is 24.2 Å². The van der Waals surface area contributed by atoms with Crippen LogP contribution in [-0.4, -0.2) is 55.6 Å². The normalized spacial score (nSPS) is 50.9. The minimum Gasteiger partial charge on any atom is -0.493 e. The van der Waals surface area contributed by atoms with Crippen LogP contribution in [0.25, 0.3) is 0 Å². The van der Waals surface area contributed by atoms with Crippen molar-refractivity contribution in [1.82, 2.24) is 4.90 Å². The molecule has 5 rings (SSSR count). The van der Waals surface area contributed by atoms with Crippen molar-refractivity contribution >= 4 is 5.78 Å². The number of hydrogen-bond acceptors (Lipinski definition) is 5. The van der Waals surface area contributed by atoms with Gasteiger partial charge in [0.25, 0.3) is 0 Å². The molecule has 1 unspecified atom stereocenters. The number of nitrogens with zero attached hydrogens (tertiary/aromatic N) is 1. The van der Waals surface area contributed by atoms with E-state index in [0.29, 0.717) is 18.5 Å². The standard InChI is InChI=1S/C18H21NO4/c1-19-8-7-17-14-10-3-4-12(22-2)15(14)23-16(17)11(20)5-6-18(17,21)13(19)9-10/h3-4,13,16,21H,5-9H2,1-2H3/t13-,16?,17+,18-/m1/s1/i2D3,5D2,16D,21D. The first-order valence-corrected chi connectivity index (χ1v) is 7.77. The van der Waals surface area contributed by atoms with Crippen LogP contribution in [0.4, 0.5) is 0 Å². The number of carbonyl (C=O) groups excluding carboxylic acids is 1. The fraction of sp³-hybridized carbons (Fsp3) is 0.611. The summed E-state index contributed by atoms with van der Waals surface area (Å²) in [5.41, 5.74) is -1.76. The molecule has 2 bridgehead atoms. The molecule has 2 heterocycles. The van der Waals surface area contributed by atoms with Gasteiger partial charge in [0.15, 0.2) is 23.4 Å². The first kappa shape index (κ1) is 8.49. The number of aliphatic hydroxyl groups is 1. The lowest BCUT2D eigenvalue weighted by Crippen LogP contribution is -2.76. The van der Waals surface area contributed by atoms with Crippen LogP contribution in [0.3, 0.4) is 0 Å². The quantitative estimate of drug-likeness (QED) is 0.882. The predicted molar refractivity (Wildman–Crippen MR) is 83.0 cm³/mol. The van der Waals surface area contributed by atoms with Crippen molar-refractivity contribution in [3.05, 3.63) is 23.3 Å². The van der Waals surface area contributed by atoms with Crippen molar-refractivity contribution in [2.24, 2.45) is 0 Å². The van der Waals surface area contributed by atoms with Crippen LogP contribution in [0.5, 0.6) is 11.5 Å². The summed E-state index contributed by atoms with van der Waals surface area (Å²) < 4.78 is 67.2. The molecule has 1 saturated carbocycles. The van der Waals surface area contributed by atoms with Crippen molar-refractivity contribution in [2.75, 3.05) is 20.6 Å². The van der Waals surface area contributed by atoms with Crippen LogP contribution >= 0.6 is 0 Å². The average molecular weight is 322 g/mol. The third kappa shape index (κ3) is 1.32. The second-order valence-corrected chi connectivity index (χ2v) is 6.89. The summed E-state index contributed by atoms with van der Waals surface area (Å²) in [6, 6.07) is 2.69. The van der Waals surface area contributed by atoms with Crippen LogP contribution in [-0.2, 0) is 16.6 Å². The van der Waals surface area contributed by atoms with Crippen LogP contribution in [0.2, 0.25) is 0 Å². The number of likely N-dealkylation sites (N-methyl/N-ethyl adjacent to an activating group) is 1. The highest BCUT2D eigenvalue weighted by Gasteiger charge is 2.72. The number of methoxy groups -OCH3 is 1. The number of piperidine rings is 1. The van der Waals surface area contributed by atoms with Gasteiger partial charge in [0, 0.05) is 20.7 Å². The molecule has 1 N–H and O–H groups in total. The second-order valence-electron chi connectivity index (χ2n) is 6.89. The molecule has 0 aromatic heterocycles. The molecule has 122 valence electrons. The van der Waals surface area contributed by atoms with Gasteiger partial charge in [-0.05, 0) is 44.5 Å². The highest BCUT2D eigenvalue weighted by atomic mass is 16.5. The second kappa shape index (κ2) is 4.08. The molecule has 1 saturated heterocycles. The molecule has 4 aliphatic rings. The van der Waals surface area contributed by atoms with Crippen LogP contribution in [0, 0.1) is 0 Å². The number of benzene rings is 1. The molecular weight excluding hydrogens is 294 g/mol. The van der Waals surface area contributed by atoms with Crippen molar-refractivity contribution in [1.29, 1.82) is 1.43 Å². The molecule has 2 fully saturated rings. The van der Waals surface area contributed by atoms with Gasteiger partial charge in [-0.25, -0.2) is 0 Å². The summed E-state index contributed by atoms with van der Waals surface area (Å²) in [6.07, 6.45) is -4.63. The van der Waals surface area contributed by atoms with E-state index in [9.17, 15) is 4.79 Å². The molecule has 1 spiro atoms. The summed E-state index contributed by atoms with van der Waals surface area (Å²) >= 11 is 0. The van der Waals surface area contributed by atoms with Gasteiger partial charge in [-0.2, -0.15) is 0 Å². The van der Waals surface area contributed by atoms with E-state index in [1.807, 2.05) is 11.9 Å². The molecule has 5 heteroatoms. The van der Waals surface area contributed by atoms with E-state index in [-0.39, 0.29) is 24.3 Å². The third-order valence-corrected chi connectivity index (χ3v) is 6.10. The monoisotopic (exact) mass is 322 g/mol. The zero-order chi connectivity index (χ0) is 21.9. The van der Waals surface area contributed by atoms with Gasteiger partial charge in [0.2, 0.25) is 1.43 Å². The lowest BCUT2D eigenvalue weighted by molar-refractivity contribution is -0.185. The first-order chi connectivity index (χ1) is 13.8. The molecule has 2 aliphatic carbocycles. The number of rotatable bonds is 2. The Kier molecular flexibility index (Phi) is 1.51. The van der Waals surface area contributed by atoms with Gasteiger partial charge >= 0.3 is 0 Å². The maximum Gasteiger partial charge on any atom is 0.211 e. The molecule has 2 aliphatic heterocycles. The highest BCUT2D eigenvalue weighted by molar-refractivity contribution is 5.90. The molecule has 0 radical (unpaired) electrons. The largest absolute Gasteiger partial charge is 0.493 e. The number of Topliss-reactive ketones (excluding diaryl/α,β-unsaturated/α-hetero) is 1. The van der Waals surface area contributed by atoms with Gasteiger partial charge < -0.3 is 19.5 Å². The SMILES string of the molecule is [2H]O[C@@]12CC([2H])([2H])C(=O)C3([2H])Oc4c(OC([2H])([2H])[2H])ccc5c4[C@@]31CCN(C)[C@@H]2C5. The minimum atomic E-state index is -2.78. The van der Waals surface area contributed by atoms with E-state index in [0.717, 1.165) is 5.56 Å². The highest BCUT2D eigenvalue weighted by Crippen LogP contribution is 2.64. The number of ether oxygens (including phenoxy) is 2. The number of hydrogen-bond donors (Lipinski definition) is 1. The summed E-state index contributed by atoms with van der Waals surface area (Å²) in [4.78, 5) is 15.2.